The molecule has 2 aromatic rings. The number of carbonyl (C=O) groups excluding carboxylic acids is 1. The van der Waals surface area contributed by atoms with Crippen LogP contribution in [0.15, 0.2) is 41.3 Å². The van der Waals surface area contributed by atoms with Gasteiger partial charge in [-0.2, -0.15) is 0 Å². The summed E-state index contributed by atoms with van der Waals surface area (Å²) in [5.74, 6) is -0.844. The van der Waals surface area contributed by atoms with Crippen molar-refractivity contribution in [2.45, 2.75) is 31.3 Å². The Bertz CT molecular complexity index is 1100. The van der Waals surface area contributed by atoms with E-state index in [1.807, 2.05) is 0 Å². The van der Waals surface area contributed by atoms with Crippen LogP contribution in [0.1, 0.15) is 36.2 Å². The van der Waals surface area contributed by atoms with Crippen LogP contribution in [0.4, 0.5) is 18.9 Å². The van der Waals surface area contributed by atoms with Crippen molar-refractivity contribution in [2.24, 2.45) is 0 Å². The van der Waals surface area contributed by atoms with Crippen molar-refractivity contribution in [3.63, 3.8) is 0 Å². The third kappa shape index (κ3) is 5.35. The van der Waals surface area contributed by atoms with Crippen LogP contribution in [0.3, 0.4) is 0 Å². The van der Waals surface area contributed by atoms with E-state index in [-0.39, 0.29) is 52.6 Å². The number of hydrogen-bond donors (Lipinski definition) is 0. The Hall–Kier alpha value is -2.75. The first-order chi connectivity index (χ1) is 15.0. The van der Waals surface area contributed by atoms with E-state index in [0.29, 0.717) is 13.1 Å². The van der Waals surface area contributed by atoms with Crippen LogP contribution in [-0.2, 0) is 9.84 Å². The third-order valence-corrected chi connectivity index (χ3v) is 6.21. The fraction of sp³-hybridized carbons (Fsp3) is 0.409. The number of rotatable bonds is 6. The number of piperazine rings is 1. The second kappa shape index (κ2) is 9.40. The molecular formula is C22H25F3N2O4S. The van der Waals surface area contributed by atoms with E-state index in [4.69, 9.17) is 4.74 Å². The number of ether oxygens (including phenoxy) is 1. The molecule has 0 aromatic heterocycles. The fourth-order valence-electron chi connectivity index (χ4n) is 3.50. The maximum absolute atomic E-state index is 14.3. The SMILES string of the molecule is CC(C)Oc1ccc(S(C)(=O)=O)cc1C(=O)N1CCN(c2ccc(C(F)F)cc2F)CC1. The molecule has 3 rings (SSSR count). The largest absolute Gasteiger partial charge is 0.490 e. The van der Waals surface area contributed by atoms with Crippen molar-refractivity contribution in [2.75, 3.05) is 37.3 Å². The molecule has 2 aromatic carbocycles. The highest BCUT2D eigenvalue weighted by molar-refractivity contribution is 7.90. The van der Waals surface area contributed by atoms with Crippen LogP contribution < -0.4 is 9.64 Å². The molecule has 1 amide bonds. The number of halogens is 3. The van der Waals surface area contributed by atoms with Gasteiger partial charge in [0.15, 0.2) is 9.84 Å². The summed E-state index contributed by atoms with van der Waals surface area (Å²) in [6.07, 6.45) is -1.91. The van der Waals surface area contributed by atoms with Gasteiger partial charge in [-0.25, -0.2) is 21.6 Å². The minimum atomic E-state index is -3.52. The summed E-state index contributed by atoms with van der Waals surface area (Å²) in [7, 11) is -3.52. The molecule has 0 N–H and O–H groups in total. The molecule has 0 radical (unpaired) electrons. The first-order valence-corrected chi connectivity index (χ1v) is 12.0. The van der Waals surface area contributed by atoms with E-state index in [2.05, 4.69) is 0 Å². The van der Waals surface area contributed by atoms with Crippen LogP contribution in [0.2, 0.25) is 0 Å². The lowest BCUT2D eigenvalue weighted by Gasteiger charge is -2.36. The Morgan fingerprint density at radius 1 is 1.03 bits per heavy atom. The highest BCUT2D eigenvalue weighted by Crippen LogP contribution is 2.29. The monoisotopic (exact) mass is 470 g/mol. The zero-order chi connectivity index (χ0) is 23.6. The molecule has 0 saturated carbocycles. The Morgan fingerprint density at radius 3 is 2.22 bits per heavy atom. The van der Waals surface area contributed by atoms with E-state index in [0.717, 1.165) is 12.3 Å². The van der Waals surface area contributed by atoms with Gasteiger partial charge in [0.05, 0.1) is 22.3 Å². The lowest BCUT2D eigenvalue weighted by molar-refractivity contribution is 0.0740. The third-order valence-electron chi connectivity index (χ3n) is 5.10. The van der Waals surface area contributed by atoms with Crippen LogP contribution in [0.5, 0.6) is 5.75 Å². The van der Waals surface area contributed by atoms with Gasteiger partial charge in [0.25, 0.3) is 12.3 Å². The van der Waals surface area contributed by atoms with Gasteiger partial charge in [0.1, 0.15) is 11.6 Å². The van der Waals surface area contributed by atoms with Crippen molar-refractivity contribution in [3.05, 3.63) is 53.3 Å². The van der Waals surface area contributed by atoms with Crippen molar-refractivity contribution < 1.29 is 31.1 Å². The molecule has 1 aliphatic rings. The number of alkyl halides is 2. The molecule has 0 spiro atoms. The number of hydrogen-bond acceptors (Lipinski definition) is 5. The molecule has 0 bridgehead atoms. The van der Waals surface area contributed by atoms with Crippen LogP contribution in [0.25, 0.3) is 0 Å². The molecule has 0 atom stereocenters. The Balaban J connectivity index is 1.79. The normalized spacial score (nSPS) is 14.9. The maximum Gasteiger partial charge on any atom is 0.263 e. The lowest BCUT2D eigenvalue weighted by Crippen LogP contribution is -2.49. The summed E-state index contributed by atoms with van der Waals surface area (Å²) in [4.78, 5) is 16.4. The highest BCUT2D eigenvalue weighted by Gasteiger charge is 2.27. The van der Waals surface area contributed by atoms with Gasteiger partial charge in [0, 0.05) is 38.0 Å². The van der Waals surface area contributed by atoms with Gasteiger partial charge in [-0.15, -0.1) is 0 Å². The first-order valence-electron chi connectivity index (χ1n) is 10.1. The molecule has 174 valence electrons. The molecular weight excluding hydrogens is 445 g/mol. The molecule has 10 heteroatoms. The van der Waals surface area contributed by atoms with Crippen molar-refractivity contribution >= 4 is 21.4 Å². The van der Waals surface area contributed by atoms with Gasteiger partial charge in [0.2, 0.25) is 0 Å². The zero-order valence-corrected chi connectivity index (χ0v) is 18.8. The Kier molecular flexibility index (Phi) is 7.02. The Labute approximate surface area is 185 Å². The van der Waals surface area contributed by atoms with Crippen LogP contribution in [-0.4, -0.2) is 57.8 Å². The first kappa shape index (κ1) is 23.9. The topological polar surface area (TPSA) is 66.9 Å². The molecule has 1 aliphatic heterocycles. The number of nitrogens with zero attached hydrogens (tertiary/aromatic N) is 2. The number of benzene rings is 2. The lowest BCUT2D eigenvalue weighted by atomic mass is 10.1. The highest BCUT2D eigenvalue weighted by atomic mass is 32.2. The summed E-state index contributed by atoms with van der Waals surface area (Å²) >= 11 is 0. The predicted octanol–water partition coefficient (Wildman–Crippen LogP) is 3.92. The number of anilines is 1. The summed E-state index contributed by atoms with van der Waals surface area (Å²) in [6.45, 7) is 4.68. The summed E-state index contributed by atoms with van der Waals surface area (Å²) < 4.78 is 69.5. The van der Waals surface area contributed by atoms with E-state index in [9.17, 15) is 26.4 Å². The van der Waals surface area contributed by atoms with Crippen molar-refractivity contribution in [3.8, 4) is 5.75 Å². The maximum atomic E-state index is 14.3. The van der Waals surface area contributed by atoms with E-state index in [1.54, 1.807) is 18.7 Å². The van der Waals surface area contributed by atoms with Gasteiger partial charge in [-0.3, -0.25) is 4.79 Å². The molecule has 1 heterocycles. The molecule has 32 heavy (non-hydrogen) atoms. The predicted molar refractivity (Wildman–Crippen MR) is 115 cm³/mol. The molecule has 0 unspecified atom stereocenters. The fourth-order valence-corrected chi connectivity index (χ4v) is 4.15. The number of carbonyl (C=O) groups is 1. The van der Waals surface area contributed by atoms with Gasteiger partial charge < -0.3 is 14.5 Å². The van der Waals surface area contributed by atoms with Gasteiger partial charge in [-0.1, -0.05) is 6.07 Å². The Morgan fingerprint density at radius 2 is 1.69 bits per heavy atom. The minimum absolute atomic E-state index is 0.0109. The summed E-state index contributed by atoms with van der Waals surface area (Å²) in [5.41, 5.74) is -0.0459. The van der Waals surface area contributed by atoms with E-state index >= 15 is 0 Å². The second-order valence-electron chi connectivity index (χ2n) is 7.89. The van der Waals surface area contributed by atoms with Gasteiger partial charge >= 0.3 is 0 Å². The van der Waals surface area contributed by atoms with E-state index < -0.39 is 22.1 Å². The van der Waals surface area contributed by atoms with E-state index in [1.165, 1.54) is 35.2 Å². The van der Waals surface area contributed by atoms with Crippen molar-refractivity contribution in [1.82, 2.24) is 4.90 Å². The van der Waals surface area contributed by atoms with Crippen LogP contribution >= 0.6 is 0 Å². The number of amides is 1. The number of sulfone groups is 1. The molecule has 1 saturated heterocycles. The minimum Gasteiger partial charge on any atom is -0.490 e. The average molecular weight is 471 g/mol. The quantitative estimate of drug-likeness (QED) is 0.640. The summed E-state index contributed by atoms with van der Waals surface area (Å²) in [6, 6.07) is 7.51. The van der Waals surface area contributed by atoms with Gasteiger partial charge in [-0.05, 0) is 44.2 Å². The average Bonchev–Trinajstić information content (AvgIpc) is 2.72. The van der Waals surface area contributed by atoms with Crippen molar-refractivity contribution in [1.29, 1.82) is 0 Å². The molecule has 0 aliphatic carbocycles. The summed E-state index contributed by atoms with van der Waals surface area (Å²) in [5, 5.41) is 0. The van der Waals surface area contributed by atoms with Crippen LogP contribution in [0, 0.1) is 5.82 Å². The molecule has 1 fully saturated rings. The standard InChI is InChI=1S/C22H25F3N2O4S/c1-14(2)31-20-7-5-16(32(3,29)30)13-17(20)22(28)27-10-8-26(9-11-27)19-6-4-15(21(24)25)12-18(19)23/h4-7,12-14,21H,8-11H2,1-3H3. The smallest absolute Gasteiger partial charge is 0.263 e. The zero-order valence-electron chi connectivity index (χ0n) is 18.0. The second-order valence-corrected chi connectivity index (χ2v) is 9.90. The molecule has 6 nitrogen and oxygen atoms in total.